The van der Waals surface area contributed by atoms with Crippen LogP contribution in [0.15, 0.2) is 18.2 Å². The number of likely N-dealkylation sites (tertiary alicyclic amines) is 1. The minimum absolute atomic E-state index is 0.328. The molecule has 0 spiro atoms. The maximum Gasteiger partial charge on any atom is 0.326 e. The molecule has 1 aromatic rings. The Kier molecular flexibility index (Phi) is 4.49. The van der Waals surface area contributed by atoms with Gasteiger partial charge in [-0.3, -0.25) is 4.79 Å². The van der Waals surface area contributed by atoms with Crippen LogP contribution in [0.1, 0.15) is 29.6 Å². The zero-order chi connectivity index (χ0) is 14.7. The summed E-state index contributed by atoms with van der Waals surface area (Å²) in [5.41, 5.74) is 0.338. The number of carboxylic acid groups (broad SMARTS) is 1. The van der Waals surface area contributed by atoms with Crippen LogP contribution in [0.25, 0.3) is 0 Å². The summed E-state index contributed by atoms with van der Waals surface area (Å²) in [6, 6.07) is 3.94. The Hall–Kier alpha value is -1.75. The summed E-state index contributed by atoms with van der Waals surface area (Å²) < 4.78 is 5.15. The van der Waals surface area contributed by atoms with Crippen LogP contribution in [0.2, 0.25) is 5.02 Å². The van der Waals surface area contributed by atoms with Gasteiger partial charge in [0.2, 0.25) is 0 Å². The van der Waals surface area contributed by atoms with Crippen LogP contribution in [0.5, 0.6) is 5.75 Å². The fourth-order valence-electron chi connectivity index (χ4n) is 2.43. The maximum absolute atomic E-state index is 12.5. The highest BCUT2D eigenvalue weighted by atomic mass is 35.5. The lowest BCUT2D eigenvalue weighted by Crippen LogP contribution is -2.48. The molecule has 1 saturated heterocycles. The van der Waals surface area contributed by atoms with Crippen molar-refractivity contribution >= 4 is 23.5 Å². The molecule has 0 aliphatic carbocycles. The number of piperidine rings is 1. The molecule has 108 valence electrons. The van der Waals surface area contributed by atoms with E-state index >= 15 is 0 Å². The number of hydrogen-bond donors (Lipinski definition) is 1. The Morgan fingerprint density at radius 2 is 2.15 bits per heavy atom. The summed E-state index contributed by atoms with van der Waals surface area (Å²) >= 11 is 5.87. The molecule has 1 aliphatic rings. The first kappa shape index (κ1) is 14.7. The lowest BCUT2D eigenvalue weighted by Gasteiger charge is -2.33. The number of amides is 1. The molecule has 6 heteroatoms. The minimum atomic E-state index is -0.967. The normalized spacial score (nSPS) is 18.7. The summed E-state index contributed by atoms with van der Waals surface area (Å²) in [5, 5.41) is 9.69. The van der Waals surface area contributed by atoms with E-state index in [0.29, 0.717) is 29.3 Å². The van der Waals surface area contributed by atoms with Gasteiger partial charge in [-0.2, -0.15) is 0 Å². The number of halogens is 1. The number of aliphatic carboxylic acids is 1. The van der Waals surface area contributed by atoms with Crippen LogP contribution in [0.3, 0.4) is 0 Å². The van der Waals surface area contributed by atoms with Gasteiger partial charge in [-0.15, -0.1) is 0 Å². The minimum Gasteiger partial charge on any atom is -0.496 e. The predicted molar refractivity (Wildman–Crippen MR) is 74.3 cm³/mol. The Morgan fingerprint density at radius 1 is 1.40 bits per heavy atom. The van der Waals surface area contributed by atoms with Gasteiger partial charge in [-0.25, -0.2) is 4.79 Å². The fraction of sp³-hybridized carbons (Fsp3) is 0.429. The van der Waals surface area contributed by atoms with Crippen LogP contribution in [-0.2, 0) is 4.79 Å². The van der Waals surface area contributed by atoms with Crippen molar-refractivity contribution in [2.75, 3.05) is 13.7 Å². The fourth-order valence-corrected chi connectivity index (χ4v) is 2.59. The Labute approximate surface area is 122 Å². The van der Waals surface area contributed by atoms with E-state index < -0.39 is 12.0 Å². The molecule has 20 heavy (non-hydrogen) atoms. The van der Waals surface area contributed by atoms with E-state index in [1.165, 1.54) is 12.0 Å². The molecule has 1 amide bonds. The van der Waals surface area contributed by atoms with Gasteiger partial charge in [-0.05, 0) is 37.5 Å². The van der Waals surface area contributed by atoms with Crippen molar-refractivity contribution in [3.8, 4) is 5.75 Å². The monoisotopic (exact) mass is 297 g/mol. The highest BCUT2D eigenvalue weighted by Crippen LogP contribution is 2.27. The average Bonchev–Trinajstić information content (AvgIpc) is 2.46. The summed E-state index contributed by atoms with van der Waals surface area (Å²) in [7, 11) is 1.45. The molecule has 1 atom stereocenters. The molecular formula is C14H16ClNO4. The SMILES string of the molecule is COc1cc(Cl)ccc1C(=O)N1CCCC[C@@H]1C(=O)O. The number of rotatable bonds is 3. The van der Waals surface area contributed by atoms with Crippen molar-refractivity contribution in [3.05, 3.63) is 28.8 Å². The zero-order valence-electron chi connectivity index (χ0n) is 11.1. The summed E-state index contributed by atoms with van der Waals surface area (Å²) in [4.78, 5) is 25.2. The van der Waals surface area contributed by atoms with E-state index in [9.17, 15) is 14.7 Å². The number of carbonyl (C=O) groups is 2. The number of benzene rings is 1. The van der Waals surface area contributed by atoms with E-state index in [1.54, 1.807) is 18.2 Å². The van der Waals surface area contributed by atoms with Gasteiger partial charge < -0.3 is 14.7 Å². The van der Waals surface area contributed by atoms with Gasteiger partial charge in [0.15, 0.2) is 0 Å². The Bertz CT molecular complexity index is 532. The highest BCUT2D eigenvalue weighted by molar-refractivity contribution is 6.30. The second-order valence-electron chi connectivity index (χ2n) is 4.69. The third-order valence-electron chi connectivity index (χ3n) is 3.44. The van der Waals surface area contributed by atoms with Gasteiger partial charge in [0.05, 0.1) is 12.7 Å². The molecule has 0 unspecified atom stereocenters. The van der Waals surface area contributed by atoms with Crippen molar-refractivity contribution in [3.63, 3.8) is 0 Å². The van der Waals surface area contributed by atoms with Gasteiger partial charge in [0.1, 0.15) is 11.8 Å². The third-order valence-corrected chi connectivity index (χ3v) is 3.68. The number of carbonyl (C=O) groups excluding carboxylic acids is 1. The lowest BCUT2D eigenvalue weighted by atomic mass is 10.0. The van der Waals surface area contributed by atoms with Crippen LogP contribution >= 0.6 is 11.6 Å². The zero-order valence-corrected chi connectivity index (χ0v) is 11.9. The molecule has 0 aromatic heterocycles. The maximum atomic E-state index is 12.5. The summed E-state index contributed by atoms with van der Waals surface area (Å²) in [5.74, 6) is -0.936. The molecule has 1 aromatic carbocycles. The molecule has 1 fully saturated rings. The van der Waals surface area contributed by atoms with E-state index in [4.69, 9.17) is 16.3 Å². The molecule has 1 heterocycles. The number of hydrogen-bond acceptors (Lipinski definition) is 3. The number of methoxy groups -OCH3 is 1. The summed E-state index contributed by atoms with van der Waals surface area (Å²) in [6.07, 6.45) is 2.11. The number of ether oxygens (including phenoxy) is 1. The van der Waals surface area contributed by atoms with E-state index in [2.05, 4.69) is 0 Å². The Morgan fingerprint density at radius 3 is 2.80 bits per heavy atom. The van der Waals surface area contributed by atoms with Crippen LogP contribution in [-0.4, -0.2) is 41.6 Å². The van der Waals surface area contributed by atoms with Crippen molar-refractivity contribution in [1.29, 1.82) is 0 Å². The number of nitrogens with zero attached hydrogens (tertiary/aromatic N) is 1. The quantitative estimate of drug-likeness (QED) is 0.930. The van der Waals surface area contributed by atoms with Crippen molar-refractivity contribution in [1.82, 2.24) is 4.90 Å². The van der Waals surface area contributed by atoms with Crippen LogP contribution in [0.4, 0.5) is 0 Å². The standard InChI is InChI=1S/C14H16ClNO4/c1-20-12-8-9(15)5-6-10(12)13(17)16-7-3-2-4-11(16)14(18)19/h5-6,8,11H,2-4,7H2,1H3,(H,18,19)/t11-/m1/s1. The van der Waals surface area contributed by atoms with Crippen LogP contribution < -0.4 is 4.74 Å². The highest BCUT2D eigenvalue weighted by Gasteiger charge is 2.33. The number of carboxylic acids is 1. The first-order valence-electron chi connectivity index (χ1n) is 6.42. The largest absolute Gasteiger partial charge is 0.496 e. The van der Waals surface area contributed by atoms with Crippen molar-refractivity contribution in [2.45, 2.75) is 25.3 Å². The van der Waals surface area contributed by atoms with Gasteiger partial charge in [0.25, 0.3) is 5.91 Å². The van der Waals surface area contributed by atoms with Crippen molar-refractivity contribution in [2.24, 2.45) is 0 Å². The first-order valence-corrected chi connectivity index (χ1v) is 6.79. The van der Waals surface area contributed by atoms with Gasteiger partial charge in [0, 0.05) is 11.6 Å². The van der Waals surface area contributed by atoms with E-state index in [-0.39, 0.29) is 5.91 Å². The predicted octanol–water partition coefficient (Wildman–Crippen LogP) is 2.43. The average molecular weight is 298 g/mol. The second kappa shape index (κ2) is 6.13. The molecule has 1 aliphatic heterocycles. The van der Waals surface area contributed by atoms with Crippen molar-refractivity contribution < 1.29 is 19.4 Å². The molecule has 2 rings (SSSR count). The van der Waals surface area contributed by atoms with Gasteiger partial charge >= 0.3 is 5.97 Å². The summed E-state index contributed by atoms with van der Waals surface area (Å²) in [6.45, 7) is 0.446. The van der Waals surface area contributed by atoms with Crippen LogP contribution in [0, 0.1) is 0 Å². The molecule has 5 nitrogen and oxygen atoms in total. The first-order chi connectivity index (χ1) is 9.54. The van der Waals surface area contributed by atoms with E-state index in [1.807, 2.05) is 0 Å². The smallest absolute Gasteiger partial charge is 0.326 e. The molecular weight excluding hydrogens is 282 g/mol. The second-order valence-corrected chi connectivity index (χ2v) is 5.13. The Balaban J connectivity index is 2.32. The third kappa shape index (κ3) is 2.88. The van der Waals surface area contributed by atoms with Gasteiger partial charge in [-0.1, -0.05) is 11.6 Å². The molecule has 1 N–H and O–H groups in total. The van der Waals surface area contributed by atoms with E-state index in [0.717, 1.165) is 12.8 Å². The lowest BCUT2D eigenvalue weighted by molar-refractivity contribution is -0.143. The molecule has 0 bridgehead atoms. The molecule has 0 saturated carbocycles. The topological polar surface area (TPSA) is 66.8 Å². The molecule has 0 radical (unpaired) electrons.